The van der Waals surface area contributed by atoms with Crippen molar-refractivity contribution in [1.29, 1.82) is 0 Å². The number of nitrogens with zero attached hydrogens (tertiary/aromatic N) is 3. The molecule has 0 aliphatic carbocycles. The van der Waals surface area contributed by atoms with Crippen LogP contribution in [0.25, 0.3) is 23.0 Å². The maximum atomic E-state index is 13.3. The lowest BCUT2D eigenvalue weighted by atomic mass is 10.0. The molecule has 0 saturated carbocycles. The van der Waals surface area contributed by atoms with Crippen molar-refractivity contribution in [3.05, 3.63) is 70.8 Å². The highest BCUT2D eigenvalue weighted by Gasteiger charge is 2.35. The lowest BCUT2D eigenvalue weighted by Gasteiger charge is -2.18. The SMILES string of the molecule is CCCCOc1ccc(-c2nn(-c3ccccc3)cc2/C=C2\SC(=S)N(CC3CCCO3)C2=O)c(C)c1. The van der Waals surface area contributed by atoms with Gasteiger partial charge < -0.3 is 9.47 Å². The first-order chi connectivity index (χ1) is 18.0. The molecule has 0 radical (unpaired) electrons. The molecule has 0 spiro atoms. The van der Waals surface area contributed by atoms with Crippen molar-refractivity contribution in [3.63, 3.8) is 0 Å². The number of aryl methyl sites for hydroxylation is 1. The number of thioether (sulfide) groups is 1. The third-order valence-electron chi connectivity index (χ3n) is 6.55. The fourth-order valence-corrected chi connectivity index (χ4v) is 5.80. The predicted molar refractivity (Wildman–Crippen MR) is 153 cm³/mol. The number of unbranched alkanes of at least 4 members (excludes halogenated alkanes) is 1. The fourth-order valence-electron chi connectivity index (χ4n) is 4.53. The lowest BCUT2D eigenvalue weighted by Crippen LogP contribution is -2.35. The van der Waals surface area contributed by atoms with Gasteiger partial charge in [-0.1, -0.05) is 55.5 Å². The highest BCUT2D eigenvalue weighted by atomic mass is 32.2. The average Bonchev–Trinajstić information content (AvgIpc) is 3.63. The maximum absolute atomic E-state index is 13.3. The van der Waals surface area contributed by atoms with Crippen LogP contribution >= 0.6 is 24.0 Å². The summed E-state index contributed by atoms with van der Waals surface area (Å²) in [7, 11) is 0. The second-order valence-electron chi connectivity index (χ2n) is 9.32. The Morgan fingerprint density at radius 2 is 2.08 bits per heavy atom. The molecule has 5 rings (SSSR count). The first-order valence-corrected chi connectivity index (χ1v) is 14.0. The van der Waals surface area contributed by atoms with Crippen LogP contribution < -0.4 is 4.74 Å². The summed E-state index contributed by atoms with van der Waals surface area (Å²) in [4.78, 5) is 15.6. The Balaban J connectivity index is 1.49. The first-order valence-electron chi connectivity index (χ1n) is 12.8. The summed E-state index contributed by atoms with van der Waals surface area (Å²) < 4.78 is 14.1. The zero-order chi connectivity index (χ0) is 25.8. The molecule has 2 aliphatic rings. The summed E-state index contributed by atoms with van der Waals surface area (Å²) in [6.07, 6.45) is 8.05. The Morgan fingerprint density at radius 1 is 1.24 bits per heavy atom. The number of hydrogen-bond donors (Lipinski definition) is 0. The van der Waals surface area contributed by atoms with Crippen LogP contribution in [0.2, 0.25) is 0 Å². The summed E-state index contributed by atoms with van der Waals surface area (Å²) in [5.74, 6) is 0.786. The predicted octanol–water partition coefficient (Wildman–Crippen LogP) is 6.41. The number of rotatable bonds is 9. The van der Waals surface area contributed by atoms with E-state index in [1.165, 1.54) is 11.8 Å². The molecular formula is C29H31N3O3S2. The Hall–Kier alpha value is -2.94. The molecule has 1 atom stereocenters. The van der Waals surface area contributed by atoms with Crippen LogP contribution in [0.4, 0.5) is 0 Å². The molecule has 0 bridgehead atoms. The van der Waals surface area contributed by atoms with Gasteiger partial charge in [0.05, 0.1) is 29.8 Å². The van der Waals surface area contributed by atoms with E-state index < -0.39 is 0 Å². The summed E-state index contributed by atoms with van der Waals surface area (Å²) in [6, 6.07) is 16.1. The summed E-state index contributed by atoms with van der Waals surface area (Å²) >= 11 is 6.91. The number of carbonyl (C=O) groups excluding carboxylic acids is 1. The van der Waals surface area contributed by atoms with Crippen molar-refractivity contribution in [1.82, 2.24) is 14.7 Å². The van der Waals surface area contributed by atoms with Crippen LogP contribution in [0.5, 0.6) is 5.75 Å². The number of benzene rings is 2. The second-order valence-corrected chi connectivity index (χ2v) is 11.0. The number of amides is 1. The van der Waals surface area contributed by atoms with Crippen LogP contribution in [-0.4, -0.2) is 50.8 Å². The third kappa shape index (κ3) is 5.81. The number of para-hydroxylation sites is 1. The Morgan fingerprint density at radius 3 is 2.81 bits per heavy atom. The fraction of sp³-hybridized carbons (Fsp3) is 0.345. The van der Waals surface area contributed by atoms with Crippen molar-refractivity contribution in [2.24, 2.45) is 0 Å². The van der Waals surface area contributed by atoms with Gasteiger partial charge in [-0.2, -0.15) is 5.10 Å². The number of ether oxygens (including phenoxy) is 2. The normalized spacial score (nSPS) is 18.8. The molecule has 2 saturated heterocycles. The molecule has 6 nitrogen and oxygen atoms in total. The van der Waals surface area contributed by atoms with Crippen LogP contribution in [0.15, 0.2) is 59.6 Å². The van der Waals surface area contributed by atoms with Gasteiger partial charge in [0.2, 0.25) is 0 Å². The minimum Gasteiger partial charge on any atom is -0.494 e. The van der Waals surface area contributed by atoms with Crippen molar-refractivity contribution in [2.45, 2.75) is 45.6 Å². The summed E-state index contributed by atoms with van der Waals surface area (Å²) in [6.45, 7) is 6.18. The molecule has 0 N–H and O–H groups in total. The Labute approximate surface area is 227 Å². The quantitative estimate of drug-likeness (QED) is 0.180. The molecule has 3 aromatic rings. The minimum absolute atomic E-state index is 0.0546. The molecule has 2 aromatic carbocycles. The van der Waals surface area contributed by atoms with E-state index in [-0.39, 0.29) is 12.0 Å². The van der Waals surface area contributed by atoms with E-state index in [0.29, 0.717) is 22.4 Å². The smallest absolute Gasteiger partial charge is 0.266 e. The molecule has 1 amide bonds. The van der Waals surface area contributed by atoms with Gasteiger partial charge in [-0.05, 0) is 68.2 Å². The molecule has 3 heterocycles. The van der Waals surface area contributed by atoms with Crippen molar-refractivity contribution in [3.8, 4) is 22.7 Å². The summed E-state index contributed by atoms with van der Waals surface area (Å²) in [5, 5.41) is 4.95. The van der Waals surface area contributed by atoms with Crippen LogP contribution in [0.3, 0.4) is 0 Å². The van der Waals surface area contributed by atoms with Crippen molar-refractivity contribution >= 4 is 40.3 Å². The van der Waals surface area contributed by atoms with E-state index in [1.807, 2.05) is 59.4 Å². The highest BCUT2D eigenvalue weighted by Crippen LogP contribution is 2.36. The zero-order valence-electron chi connectivity index (χ0n) is 21.2. The molecular weight excluding hydrogens is 502 g/mol. The molecule has 2 aliphatic heterocycles. The summed E-state index contributed by atoms with van der Waals surface area (Å²) in [5.41, 5.74) is 4.69. The van der Waals surface area contributed by atoms with E-state index in [1.54, 1.807) is 4.90 Å². The third-order valence-corrected chi connectivity index (χ3v) is 7.93. The molecule has 1 aromatic heterocycles. The van der Waals surface area contributed by atoms with E-state index >= 15 is 0 Å². The molecule has 1 unspecified atom stereocenters. The van der Waals surface area contributed by atoms with Gasteiger partial charge >= 0.3 is 0 Å². The van der Waals surface area contributed by atoms with Gasteiger partial charge in [-0.25, -0.2) is 4.68 Å². The van der Waals surface area contributed by atoms with E-state index in [9.17, 15) is 4.79 Å². The maximum Gasteiger partial charge on any atom is 0.266 e. The van der Waals surface area contributed by atoms with Crippen LogP contribution in [0.1, 0.15) is 43.7 Å². The van der Waals surface area contributed by atoms with E-state index in [2.05, 4.69) is 19.9 Å². The van der Waals surface area contributed by atoms with Crippen molar-refractivity contribution < 1.29 is 14.3 Å². The van der Waals surface area contributed by atoms with E-state index in [4.69, 9.17) is 26.8 Å². The second kappa shape index (κ2) is 11.6. The van der Waals surface area contributed by atoms with Gasteiger partial charge in [0.25, 0.3) is 5.91 Å². The molecule has 2 fully saturated rings. The van der Waals surface area contributed by atoms with Gasteiger partial charge in [0.1, 0.15) is 15.8 Å². The number of aromatic nitrogens is 2. The average molecular weight is 534 g/mol. The standard InChI is InChI=1S/C29H31N3O3S2/c1-3-4-14-34-23-12-13-25(20(2)16-23)27-21(18-32(30-27)22-9-6-5-7-10-22)17-26-28(33)31(29(36)37-26)19-24-11-8-15-35-24/h5-7,9-10,12-13,16-18,24H,3-4,8,11,14-15,19H2,1-2H3/b26-17-. The van der Waals surface area contributed by atoms with Crippen molar-refractivity contribution in [2.75, 3.05) is 19.8 Å². The van der Waals surface area contributed by atoms with Crippen LogP contribution in [-0.2, 0) is 9.53 Å². The lowest BCUT2D eigenvalue weighted by molar-refractivity contribution is -0.123. The molecule has 192 valence electrons. The zero-order valence-corrected chi connectivity index (χ0v) is 22.8. The van der Waals surface area contributed by atoms with Gasteiger partial charge in [-0.3, -0.25) is 9.69 Å². The number of hydrogen-bond acceptors (Lipinski definition) is 6. The topological polar surface area (TPSA) is 56.6 Å². The monoisotopic (exact) mass is 533 g/mol. The van der Waals surface area contributed by atoms with Gasteiger partial charge in [-0.15, -0.1) is 0 Å². The first kappa shape index (κ1) is 25.7. The minimum atomic E-state index is -0.0692. The number of thiocarbonyl (C=S) groups is 1. The molecule has 8 heteroatoms. The van der Waals surface area contributed by atoms with Gasteiger partial charge in [0, 0.05) is 23.9 Å². The Kier molecular flexibility index (Phi) is 8.08. The largest absolute Gasteiger partial charge is 0.494 e. The number of carbonyl (C=O) groups is 1. The molecule has 37 heavy (non-hydrogen) atoms. The van der Waals surface area contributed by atoms with E-state index in [0.717, 1.165) is 66.1 Å². The highest BCUT2D eigenvalue weighted by molar-refractivity contribution is 8.26. The van der Waals surface area contributed by atoms with Crippen LogP contribution in [0, 0.1) is 6.92 Å². The van der Waals surface area contributed by atoms with Gasteiger partial charge in [0.15, 0.2) is 0 Å². The Bertz CT molecular complexity index is 1310.